The standard InChI is InChI=1S/C62H44B3N5/c1-39-29-33-43(34-30-39)68(44-35-31-40(2)32-36-44)45-37-50(66-41-17-5-3-6-18-41)56(51(38-45)67-42-19-7-4-8-20-42)57-58-61-60-62-59(57)64-47-22-10-14-26-53(47)70(62)55-28-16-12-24-49(55)65(60)48-23-11-15-27-54(48)69(61)52-25-13-9-21-46(52)63-58/h3-38,66-67H,1-2H3. The lowest BCUT2D eigenvalue weighted by Crippen LogP contribution is -2.67. The summed E-state index contributed by atoms with van der Waals surface area (Å²) in [6.07, 6.45) is 0. The lowest BCUT2D eigenvalue weighted by Gasteiger charge is -2.50. The van der Waals surface area contributed by atoms with E-state index in [1.807, 2.05) is 0 Å². The Hall–Kier alpha value is -8.61. The molecule has 14 rings (SSSR count). The van der Waals surface area contributed by atoms with Crippen molar-refractivity contribution in [3.8, 4) is 11.1 Å². The number of hydrogen-bond donors (Lipinski definition) is 2. The van der Waals surface area contributed by atoms with Gasteiger partial charge in [-0.05, 0) is 121 Å². The maximum Gasteiger partial charge on any atom is 0.252 e. The van der Waals surface area contributed by atoms with Gasteiger partial charge in [0.15, 0.2) is 14.6 Å². The molecule has 0 aromatic heterocycles. The lowest BCUT2D eigenvalue weighted by atomic mass is 9.31. The molecule has 70 heavy (non-hydrogen) atoms. The molecule has 326 valence electrons. The fraction of sp³-hybridized carbons (Fsp3) is 0.0323. The second-order valence-corrected chi connectivity index (χ2v) is 18.8. The number of rotatable bonds is 8. The molecule has 4 aliphatic heterocycles. The van der Waals surface area contributed by atoms with E-state index in [0.29, 0.717) is 0 Å². The summed E-state index contributed by atoms with van der Waals surface area (Å²) in [5, 5.41) is 8.13. The Labute approximate surface area is 411 Å². The summed E-state index contributed by atoms with van der Waals surface area (Å²) in [5.74, 6) is 0. The molecule has 0 saturated carbocycles. The van der Waals surface area contributed by atoms with E-state index in [-0.39, 0.29) is 6.71 Å². The van der Waals surface area contributed by atoms with Gasteiger partial charge in [-0.3, -0.25) is 0 Å². The molecule has 0 aliphatic carbocycles. The Morgan fingerprint density at radius 1 is 0.400 bits per heavy atom. The van der Waals surface area contributed by atoms with E-state index < -0.39 is 0 Å². The van der Waals surface area contributed by atoms with Crippen molar-refractivity contribution in [2.24, 2.45) is 0 Å². The second kappa shape index (κ2) is 16.0. The zero-order chi connectivity index (χ0) is 46.5. The highest BCUT2D eigenvalue weighted by atomic mass is 15.2. The van der Waals surface area contributed by atoms with E-state index in [0.717, 1.165) is 50.9 Å². The normalized spacial score (nSPS) is 12.9. The Kier molecular flexibility index (Phi) is 9.25. The smallest absolute Gasteiger partial charge is 0.252 e. The molecule has 0 amide bonds. The summed E-state index contributed by atoms with van der Waals surface area (Å²) in [6.45, 7) is 4.31. The van der Waals surface area contributed by atoms with Crippen LogP contribution in [0.5, 0.6) is 0 Å². The number of para-hydroxylation sites is 6. The second-order valence-electron chi connectivity index (χ2n) is 18.8. The van der Waals surface area contributed by atoms with Crippen LogP contribution in [0, 0.1) is 13.8 Å². The molecule has 10 aromatic rings. The van der Waals surface area contributed by atoms with Crippen molar-refractivity contribution in [1.82, 2.24) is 0 Å². The molecule has 0 fully saturated rings. The number of anilines is 13. The van der Waals surface area contributed by atoms with Crippen LogP contribution >= 0.6 is 0 Å². The third-order valence-corrected chi connectivity index (χ3v) is 14.5. The molecule has 10 aromatic carbocycles. The van der Waals surface area contributed by atoms with Crippen LogP contribution in [0.25, 0.3) is 11.1 Å². The maximum atomic E-state index is 4.06. The van der Waals surface area contributed by atoms with Crippen LogP contribution in [0.4, 0.5) is 73.9 Å². The number of aryl methyl sites for hydroxylation is 2. The lowest BCUT2D eigenvalue weighted by molar-refractivity contribution is 1.26. The Balaban J connectivity index is 1.14. The minimum Gasteiger partial charge on any atom is -0.355 e. The van der Waals surface area contributed by atoms with Crippen LogP contribution in [0.2, 0.25) is 0 Å². The number of nitrogens with one attached hydrogen (secondary N) is 2. The molecule has 0 bridgehead atoms. The summed E-state index contributed by atoms with van der Waals surface area (Å²) in [7, 11) is 4.93. The molecule has 8 heteroatoms. The quantitative estimate of drug-likeness (QED) is 0.149. The van der Waals surface area contributed by atoms with Crippen molar-refractivity contribution in [3.05, 3.63) is 230 Å². The van der Waals surface area contributed by atoms with Gasteiger partial charge in [0.2, 0.25) is 0 Å². The third-order valence-electron chi connectivity index (χ3n) is 14.5. The van der Waals surface area contributed by atoms with E-state index >= 15 is 0 Å². The van der Waals surface area contributed by atoms with E-state index in [1.165, 1.54) is 83.5 Å². The summed E-state index contributed by atoms with van der Waals surface area (Å²) >= 11 is 0. The van der Waals surface area contributed by atoms with Crippen molar-refractivity contribution < 1.29 is 0 Å². The molecule has 2 N–H and O–H groups in total. The van der Waals surface area contributed by atoms with Crippen molar-refractivity contribution in [3.63, 3.8) is 0 Å². The predicted molar refractivity (Wildman–Crippen MR) is 300 cm³/mol. The van der Waals surface area contributed by atoms with E-state index in [4.69, 9.17) is 0 Å². The van der Waals surface area contributed by atoms with Crippen LogP contribution in [0.15, 0.2) is 218 Å². The van der Waals surface area contributed by atoms with Gasteiger partial charge in [-0.25, -0.2) is 0 Å². The first kappa shape index (κ1) is 40.5. The van der Waals surface area contributed by atoms with Gasteiger partial charge in [0.1, 0.15) is 0 Å². The fourth-order valence-electron chi connectivity index (χ4n) is 11.5. The molecule has 4 heterocycles. The van der Waals surface area contributed by atoms with Gasteiger partial charge >= 0.3 is 0 Å². The molecule has 2 radical (unpaired) electrons. The largest absolute Gasteiger partial charge is 0.355 e. The van der Waals surface area contributed by atoms with Crippen LogP contribution in [0.3, 0.4) is 0 Å². The molecule has 0 atom stereocenters. The average Bonchev–Trinajstić information content (AvgIpc) is 3.40. The zero-order valence-corrected chi connectivity index (χ0v) is 38.9. The molecule has 0 unspecified atom stereocenters. The van der Waals surface area contributed by atoms with Gasteiger partial charge in [-0.15, -0.1) is 0 Å². The van der Waals surface area contributed by atoms with Gasteiger partial charge < -0.3 is 25.3 Å². The topological polar surface area (TPSA) is 33.8 Å². The van der Waals surface area contributed by atoms with Gasteiger partial charge in [0.05, 0.1) is 17.1 Å². The van der Waals surface area contributed by atoms with Crippen molar-refractivity contribution in [2.75, 3.05) is 25.3 Å². The zero-order valence-electron chi connectivity index (χ0n) is 38.9. The van der Waals surface area contributed by atoms with E-state index in [9.17, 15) is 0 Å². The van der Waals surface area contributed by atoms with Crippen LogP contribution in [-0.4, -0.2) is 21.3 Å². The van der Waals surface area contributed by atoms with Gasteiger partial charge in [0.25, 0.3) is 6.71 Å². The molecular weight excluding hydrogens is 847 g/mol. The molecule has 0 spiro atoms. The van der Waals surface area contributed by atoms with Crippen LogP contribution in [-0.2, 0) is 0 Å². The minimum atomic E-state index is 0.0116. The molecule has 0 saturated heterocycles. The van der Waals surface area contributed by atoms with Gasteiger partial charge in [-0.2, -0.15) is 0 Å². The minimum absolute atomic E-state index is 0.0116. The van der Waals surface area contributed by atoms with Crippen LogP contribution < -0.4 is 63.6 Å². The monoisotopic (exact) mass is 891 g/mol. The molecular formula is C62H44B3N5. The number of fused-ring (bicyclic) bond motifs is 10. The maximum absolute atomic E-state index is 4.06. The number of benzene rings is 10. The van der Waals surface area contributed by atoms with Gasteiger partial charge in [0, 0.05) is 62.4 Å². The Bertz CT molecular complexity index is 3480. The third kappa shape index (κ3) is 6.29. The summed E-state index contributed by atoms with van der Waals surface area (Å²) < 4.78 is 0. The van der Waals surface area contributed by atoms with E-state index in [1.54, 1.807) is 0 Å². The Morgan fingerprint density at radius 2 is 0.800 bits per heavy atom. The number of nitrogens with zero attached hydrogens (tertiary/aromatic N) is 3. The average molecular weight is 892 g/mol. The van der Waals surface area contributed by atoms with Crippen LogP contribution in [0.1, 0.15) is 11.1 Å². The first-order valence-electron chi connectivity index (χ1n) is 24.2. The Morgan fingerprint density at radius 3 is 1.26 bits per heavy atom. The first-order valence-corrected chi connectivity index (χ1v) is 24.2. The highest BCUT2D eigenvalue weighted by molar-refractivity contribution is 7.02. The fourth-order valence-corrected chi connectivity index (χ4v) is 11.5. The highest BCUT2D eigenvalue weighted by Crippen LogP contribution is 2.50. The summed E-state index contributed by atoms with van der Waals surface area (Å²) in [4.78, 5) is 7.52. The van der Waals surface area contributed by atoms with Crippen molar-refractivity contribution >= 4 is 133 Å². The SMILES string of the molecule is Cc1ccc(N(c2ccc(C)cc2)c2cc(Nc3ccccc3)c(-c3c4c5c6c7c3[B]c3ccccc3N7c3ccccc3B6c3ccccc3N5c3ccccc3[B]4)c(Nc3ccccc3)c2)cc1. The van der Waals surface area contributed by atoms with Crippen molar-refractivity contribution in [1.29, 1.82) is 0 Å². The summed E-state index contributed by atoms with van der Waals surface area (Å²) in [5.41, 5.74) is 27.7. The van der Waals surface area contributed by atoms with E-state index in [2.05, 4.69) is 272 Å². The van der Waals surface area contributed by atoms with Gasteiger partial charge in [-0.1, -0.05) is 166 Å². The predicted octanol–water partition coefficient (Wildman–Crippen LogP) is 10.9. The highest BCUT2D eigenvalue weighted by Gasteiger charge is 2.49. The number of hydrogen-bond acceptors (Lipinski definition) is 5. The molecule has 4 aliphatic rings. The molecule has 5 nitrogen and oxygen atoms in total. The first-order chi connectivity index (χ1) is 34.6. The van der Waals surface area contributed by atoms with Crippen molar-refractivity contribution in [2.45, 2.75) is 13.8 Å². The summed E-state index contributed by atoms with van der Waals surface area (Å²) in [6, 6.07) is 79.7.